The van der Waals surface area contributed by atoms with Gasteiger partial charge >= 0.3 is 0 Å². The summed E-state index contributed by atoms with van der Waals surface area (Å²) in [5.41, 5.74) is 1.16. The number of nitrogens with zero attached hydrogens (tertiary/aromatic N) is 2. The van der Waals surface area contributed by atoms with Gasteiger partial charge in [0.1, 0.15) is 5.71 Å². The van der Waals surface area contributed by atoms with Crippen molar-refractivity contribution in [3.8, 4) is 0 Å². The molecule has 0 fully saturated rings. The fourth-order valence-electron chi connectivity index (χ4n) is 1.58. The van der Waals surface area contributed by atoms with Crippen molar-refractivity contribution >= 4 is 5.71 Å². The standard InChI is InChI=1S/C13H10F2N2O2/c14-11-4-2-8(5-12(11)15)13(17-19)9-1-3-10(7-18)16-6-9/h1-6,18-19H,7H2/b17-13-. The first-order chi connectivity index (χ1) is 9.15. The molecule has 1 heterocycles. The minimum absolute atomic E-state index is 0.0656. The van der Waals surface area contributed by atoms with E-state index in [4.69, 9.17) is 10.3 Å². The molecule has 0 aliphatic carbocycles. The van der Waals surface area contributed by atoms with Crippen molar-refractivity contribution in [3.63, 3.8) is 0 Å². The number of benzene rings is 1. The summed E-state index contributed by atoms with van der Waals surface area (Å²) < 4.78 is 26.0. The first kappa shape index (κ1) is 13.1. The largest absolute Gasteiger partial charge is 0.410 e. The molecule has 0 bridgehead atoms. The van der Waals surface area contributed by atoms with E-state index < -0.39 is 11.6 Å². The molecule has 0 radical (unpaired) electrons. The Morgan fingerprint density at radius 1 is 1.11 bits per heavy atom. The van der Waals surface area contributed by atoms with E-state index in [9.17, 15) is 8.78 Å². The van der Waals surface area contributed by atoms with E-state index in [0.717, 1.165) is 12.1 Å². The van der Waals surface area contributed by atoms with Crippen LogP contribution in [0.2, 0.25) is 0 Å². The summed E-state index contributed by atoms with van der Waals surface area (Å²) in [4.78, 5) is 3.92. The molecule has 19 heavy (non-hydrogen) atoms. The second-order valence-electron chi connectivity index (χ2n) is 3.77. The molecule has 0 unspecified atom stereocenters. The molecule has 6 heteroatoms. The van der Waals surface area contributed by atoms with Crippen molar-refractivity contribution in [2.75, 3.05) is 0 Å². The molecule has 4 nitrogen and oxygen atoms in total. The number of hydrogen-bond acceptors (Lipinski definition) is 4. The number of aliphatic hydroxyl groups excluding tert-OH is 1. The predicted molar refractivity (Wildman–Crippen MR) is 63.9 cm³/mol. The molecule has 2 aromatic rings. The molecular weight excluding hydrogens is 254 g/mol. The van der Waals surface area contributed by atoms with Crippen LogP contribution in [-0.4, -0.2) is 21.0 Å². The summed E-state index contributed by atoms with van der Waals surface area (Å²) in [7, 11) is 0. The zero-order valence-electron chi connectivity index (χ0n) is 9.72. The number of halogens is 2. The van der Waals surface area contributed by atoms with Crippen LogP contribution in [0, 0.1) is 11.6 Å². The minimum atomic E-state index is -1.03. The Morgan fingerprint density at radius 2 is 1.84 bits per heavy atom. The fourth-order valence-corrected chi connectivity index (χ4v) is 1.58. The van der Waals surface area contributed by atoms with Gasteiger partial charge < -0.3 is 10.3 Å². The molecule has 2 N–H and O–H groups in total. The summed E-state index contributed by atoms with van der Waals surface area (Å²) in [5, 5.41) is 21.0. The third kappa shape index (κ3) is 2.74. The molecule has 0 spiro atoms. The first-order valence-corrected chi connectivity index (χ1v) is 5.39. The lowest BCUT2D eigenvalue weighted by molar-refractivity contribution is 0.277. The Bertz CT molecular complexity index is 613. The van der Waals surface area contributed by atoms with E-state index in [0.29, 0.717) is 11.3 Å². The Morgan fingerprint density at radius 3 is 2.37 bits per heavy atom. The van der Waals surface area contributed by atoms with E-state index in [2.05, 4.69) is 10.1 Å². The Balaban J connectivity index is 2.41. The number of rotatable bonds is 3. The number of aromatic nitrogens is 1. The lowest BCUT2D eigenvalue weighted by Gasteiger charge is -2.05. The zero-order chi connectivity index (χ0) is 13.8. The lowest BCUT2D eigenvalue weighted by atomic mass is 10.0. The second kappa shape index (κ2) is 5.53. The summed E-state index contributed by atoms with van der Waals surface area (Å²) in [6.07, 6.45) is 1.38. The SMILES string of the molecule is OCc1ccc(/C(=N\O)c2ccc(F)c(F)c2)cn1. The van der Waals surface area contributed by atoms with Crippen molar-refractivity contribution in [2.24, 2.45) is 5.16 Å². The van der Waals surface area contributed by atoms with Crippen LogP contribution in [-0.2, 0) is 6.61 Å². The Hall–Kier alpha value is -2.34. The summed E-state index contributed by atoms with van der Waals surface area (Å²) in [5.74, 6) is -2.01. The molecule has 2 rings (SSSR count). The molecule has 98 valence electrons. The zero-order valence-corrected chi connectivity index (χ0v) is 9.72. The number of hydrogen-bond donors (Lipinski definition) is 2. The van der Waals surface area contributed by atoms with Gasteiger partial charge in [-0.15, -0.1) is 0 Å². The average molecular weight is 264 g/mol. The van der Waals surface area contributed by atoms with Gasteiger partial charge in [0.25, 0.3) is 0 Å². The monoisotopic (exact) mass is 264 g/mol. The molecule has 0 amide bonds. The van der Waals surface area contributed by atoms with E-state index in [1.54, 1.807) is 12.1 Å². The van der Waals surface area contributed by atoms with Crippen LogP contribution in [0.15, 0.2) is 41.7 Å². The molecule has 0 aliphatic rings. The van der Waals surface area contributed by atoms with E-state index in [1.165, 1.54) is 12.3 Å². The van der Waals surface area contributed by atoms with Crippen LogP contribution in [0.4, 0.5) is 8.78 Å². The quantitative estimate of drug-likeness (QED) is 0.506. The first-order valence-electron chi connectivity index (χ1n) is 5.39. The topological polar surface area (TPSA) is 65.7 Å². The van der Waals surface area contributed by atoms with E-state index in [1.807, 2.05) is 0 Å². The highest BCUT2D eigenvalue weighted by molar-refractivity contribution is 6.12. The van der Waals surface area contributed by atoms with Crippen LogP contribution >= 0.6 is 0 Å². The Labute approximate surface area is 107 Å². The average Bonchev–Trinajstić information content (AvgIpc) is 2.44. The highest BCUT2D eigenvalue weighted by atomic mass is 19.2. The molecule has 1 aromatic carbocycles. The Kier molecular flexibility index (Phi) is 3.82. The molecule has 1 aromatic heterocycles. The predicted octanol–water partition coefficient (Wildman–Crippen LogP) is 2.08. The minimum Gasteiger partial charge on any atom is -0.410 e. The molecule has 0 atom stereocenters. The molecule has 0 saturated heterocycles. The van der Waals surface area contributed by atoms with Crippen molar-refractivity contribution < 1.29 is 19.1 Å². The maximum Gasteiger partial charge on any atom is 0.159 e. The van der Waals surface area contributed by atoms with Gasteiger partial charge in [-0.3, -0.25) is 4.98 Å². The third-order valence-corrected chi connectivity index (χ3v) is 2.55. The molecular formula is C13H10F2N2O2. The molecule has 0 aliphatic heterocycles. The van der Waals surface area contributed by atoms with Gasteiger partial charge in [0, 0.05) is 17.3 Å². The third-order valence-electron chi connectivity index (χ3n) is 2.55. The van der Waals surface area contributed by atoms with Crippen LogP contribution in [0.3, 0.4) is 0 Å². The lowest BCUT2D eigenvalue weighted by Crippen LogP contribution is -2.05. The van der Waals surface area contributed by atoms with Gasteiger partial charge in [-0.25, -0.2) is 8.78 Å². The van der Waals surface area contributed by atoms with Crippen LogP contribution in [0.5, 0.6) is 0 Å². The highest BCUT2D eigenvalue weighted by Crippen LogP contribution is 2.14. The summed E-state index contributed by atoms with van der Waals surface area (Å²) in [6, 6.07) is 6.29. The van der Waals surface area contributed by atoms with Crippen molar-refractivity contribution in [1.82, 2.24) is 4.98 Å². The number of oxime groups is 1. The summed E-state index contributed by atoms with van der Waals surface area (Å²) in [6.45, 7) is -0.211. The maximum atomic E-state index is 13.1. The number of aliphatic hydroxyl groups is 1. The number of pyridine rings is 1. The van der Waals surface area contributed by atoms with Crippen LogP contribution in [0.25, 0.3) is 0 Å². The molecule has 0 saturated carbocycles. The van der Waals surface area contributed by atoms with Gasteiger partial charge in [0.15, 0.2) is 11.6 Å². The second-order valence-corrected chi connectivity index (χ2v) is 3.77. The van der Waals surface area contributed by atoms with Crippen molar-refractivity contribution in [1.29, 1.82) is 0 Å². The van der Waals surface area contributed by atoms with Crippen LogP contribution in [0.1, 0.15) is 16.8 Å². The van der Waals surface area contributed by atoms with Gasteiger partial charge in [0.2, 0.25) is 0 Å². The maximum absolute atomic E-state index is 13.1. The van der Waals surface area contributed by atoms with Crippen molar-refractivity contribution in [2.45, 2.75) is 6.61 Å². The van der Waals surface area contributed by atoms with Crippen LogP contribution < -0.4 is 0 Å². The normalized spacial score (nSPS) is 11.6. The van der Waals surface area contributed by atoms with Gasteiger partial charge in [-0.1, -0.05) is 5.16 Å². The van der Waals surface area contributed by atoms with Gasteiger partial charge in [-0.2, -0.15) is 0 Å². The van der Waals surface area contributed by atoms with Gasteiger partial charge in [0.05, 0.1) is 12.3 Å². The highest BCUT2D eigenvalue weighted by Gasteiger charge is 2.11. The van der Waals surface area contributed by atoms with E-state index in [-0.39, 0.29) is 17.9 Å². The van der Waals surface area contributed by atoms with E-state index >= 15 is 0 Å². The van der Waals surface area contributed by atoms with Gasteiger partial charge in [-0.05, 0) is 30.3 Å². The fraction of sp³-hybridized carbons (Fsp3) is 0.0769. The van der Waals surface area contributed by atoms with Crippen molar-refractivity contribution in [3.05, 3.63) is 65.0 Å². The smallest absolute Gasteiger partial charge is 0.159 e. The summed E-state index contributed by atoms with van der Waals surface area (Å²) >= 11 is 0.